The Morgan fingerprint density at radius 1 is 1.29 bits per heavy atom. The Morgan fingerprint density at radius 3 is 2.76 bits per heavy atom. The summed E-state index contributed by atoms with van der Waals surface area (Å²) in [6.45, 7) is 5.44. The topological polar surface area (TPSA) is 197 Å². The molecule has 2 fully saturated rings. The monoisotopic (exact) mass is 623 g/mol. The maximum Gasteiger partial charge on any atom is 0.352 e. The van der Waals surface area contributed by atoms with Crippen molar-refractivity contribution in [3.05, 3.63) is 22.3 Å². The molecular weight excluding hydrogens is 595 g/mol. The number of nitrogens with one attached hydrogen (secondary N) is 1. The summed E-state index contributed by atoms with van der Waals surface area (Å²) in [7, 11) is 3.39. The molecule has 16 nitrogen and oxygen atoms in total. The van der Waals surface area contributed by atoms with Gasteiger partial charge >= 0.3 is 5.97 Å². The maximum absolute atomic E-state index is 13.1. The molecule has 19 heteroatoms. The quantitative estimate of drug-likeness (QED) is 0.117. The van der Waals surface area contributed by atoms with Crippen LogP contribution in [0.3, 0.4) is 0 Å². The van der Waals surface area contributed by atoms with E-state index in [4.69, 9.17) is 10.6 Å². The summed E-state index contributed by atoms with van der Waals surface area (Å²) in [4.78, 5) is 53.0. The highest BCUT2D eigenvalue weighted by Gasteiger charge is 2.54. The summed E-state index contributed by atoms with van der Waals surface area (Å²) in [6.07, 6.45) is 0. The molecule has 5 heterocycles. The van der Waals surface area contributed by atoms with Crippen molar-refractivity contribution in [1.29, 1.82) is 0 Å². The van der Waals surface area contributed by atoms with E-state index in [1.54, 1.807) is 10.1 Å². The second-order valence-corrected chi connectivity index (χ2v) is 12.4. The average molecular weight is 624 g/mol. The number of carbonyl (C=O) groups is 3. The second kappa shape index (κ2) is 12.7. The third-order valence-electron chi connectivity index (χ3n) is 6.80. The van der Waals surface area contributed by atoms with Gasteiger partial charge in [-0.25, -0.2) is 14.5 Å². The predicted octanol–water partition coefficient (Wildman–Crippen LogP) is -1.16. The van der Waals surface area contributed by atoms with Gasteiger partial charge in [0, 0.05) is 49.6 Å². The third kappa shape index (κ3) is 6.32. The van der Waals surface area contributed by atoms with Crippen molar-refractivity contribution in [1.82, 2.24) is 45.2 Å². The lowest BCUT2D eigenvalue weighted by Crippen LogP contribution is -2.71. The number of thiazole rings is 1. The van der Waals surface area contributed by atoms with Crippen LogP contribution in [0.2, 0.25) is 0 Å². The van der Waals surface area contributed by atoms with Crippen LogP contribution in [0, 0.1) is 0 Å². The normalized spacial score (nSPS) is 22.0. The molecular formula is C22H29N11O5S3. The molecule has 4 N–H and O–H groups in total. The van der Waals surface area contributed by atoms with E-state index in [0.717, 1.165) is 44.1 Å². The Bertz CT molecular complexity index is 1370. The van der Waals surface area contributed by atoms with E-state index in [1.165, 1.54) is 35.5 Å². The van der Waals surface area contributed by atoms with Crippen LogP contribution in [0.5, 0.6) is 0 Å². The molecule has 3 aliphatic rings. The Hall–Kier alpha value is -3.26. The Kier molecular flexibility index (Phi) is 9.07. The van der Waals surface area contributed by atoms with Gasteiger partial charge < -0.3 is 25.9 Å². The number of tetrazole rings is 1. The van der Waals surface area contributed by atoms with E-state index in [9.17, 15) is 19.5 Å². The van der Waals surface area contributed by atoms with Gasteiger partial charge in [0.1, 0.15) is 29.9 Å². The largest absolute Gasteiger partial charge is 0.477 e. The van der Waals surface area contributed by atoms with Gasteiger partial charge in [0.05, 0.1) is 6.54 Å². The number of carboxylic acids is 1. The number of thioether (sulfide) groups is 2. The fraction of sp³-hybridized carbons (Fsp3) is 0.545. The maximum atomic E-state index is 13.1. The lowest BCUT2D eigenvalue weighted by atomic mass is 10.0. The zero-order valence-corrected chi connectivity index (χ0v) is 24.7. The number of nitrogen functional groups attached to an aromatic ring is 1. The van der Waals surface area contributed by atoms with Gasteiger partial charge in [0.2, 0.25) is 5.16 Å². The number of nitrogens with zero attached hydrogens (tertiary/aromatic N) is 9. The summed E-state index contributed by atoms with van der Waals surface area (Å²) in [5.74, 6) is -1.76. The Morgan fingerprint density at radius 2 is 2.07 bits per heavy atom. The van der Waals surface area contributed by atoms with Crippen LogP contribution in [0.25, 0.3) is 0 Å². The van der Waals surface area contributed by atoms with Gasteiger partial charge in [-0.1, -0.05) is 16.9 Å². The predicted molar refractivity (Wildman–Crippen MR) is 152 cm³/mol. The van der Waals surface area contributed by atoms with Crippen molar-refractivity contribution in [3.8, 4) is 0 Å². The number of piperazine rings is 1. The Balaban J connectivity index is 1.22. The molecule has 2 amide bonds. The number of aliphatic carboxylic acids is 1. The van der Waals surface area contributed by atoms with Gasteiger partial charge in [-0.3, -0.25) is 19.4 Å². The molecule has 2 atom stereocenters. The van der Waals surface area contributed by atoms with E-state index >= 15 is 0 Å². The molecule has 0 spiro atoms. The first-order valence-electron chi connectivity index (χ1n) is 12.6. The molecule has 2 aromatic rings. The number of β-lactam (4-membered cyclic amide) rings is 1. The Labute approximate surface area is 247 Å². The molecule has 0 bridgehead atoms. The minimum Gasteiger partial charge on any atom is -0.477 e. The van der Waals surface area contributed by atoms with Crippen LogP contribution in [0.1, 0.15) is 5.69 Å². The standard InChI is InChI=1S/C22H29N11O5S3/c1-30-3-5-31(6-4-30)7-8-32-22(26-28-29-32)41-10-12-9-39-19-15(18(35)33(19)16(12)20(36)37)25-17(34)14(27-38-2)13-11-40-21(23)24-13/h11,15,19H,3-10H2,1-2H3,(H2,23,24)(H,25,34)(H,36,37)/t15?,19-/m1/s1. The average Bonchev–Trinajstić information content (AvgIpc) is 3.60. The number of rotatable bonds is 11. The number of oxime groups is 1. The smallest absolute Gasteiger partial charge is 0.352 e. The number of fused-ring (bicyclic) bond motifs is 1. The molecule has 0 saturated carbocycles. The van der Waals surface area contributed by atoms with Gasteiger partial charge in [-0.15, -0.1) is 28.2 Å². The van der Waals surface area contributed by atoms with Crippen molar-refractivity contribution in [2.75, 3.05) is 64.1 Å². The zero-order valence-electron chi connectivity index (χ0n) is 22.3. The fourth-order valence-corrected chi connectivity index (χ4v) is 7.53. The first-order chi connectivity index (χ1) is 19.8. The number of hydrogen-bond donors (Lipinski definition) is 3. The molecule has 41 heavy (non-hydrogen) atoms. The summed E-state index contributed by atoms with van der Waals surface area (Å²) >= 11 is 3.83. The number of carbonyl (C=O) groups excluding carboxylic acids is 2. The molecule has 2 saturated heterocycles. The minimum absolute atomic E-state index is 0.0775. The summed E-state index contributed by atoms with van der Waals surface area (Å²) in [5.41, 5.74) is 6.25. The number of hydrogen-bond acceptors (Lipinski definition) is 15. The van der Waals surface area contributed by atoms with E-state index in [2.05, 4.69) is 47.8 Å². The number of anilines is 1. The van der Waals surface area contributed by atoms with Crippen LogP contribution in [-0.4, -0.2) is 138 Å². The van der Waals surface area contributed by atoms with Crippen LogP contribution in [-0.2, 0) is 25.8 Å². The number of nitrogens with two attached hydrogens (primary N) is 1. The summed E-state index contributed by atoms with van der Waals surface area (Å²) in [6, 6.07) is -0.934. The van der Waals surface area contributed by atoms with Crippen molar-refractivity contribution in [2.45, 2.75) is 23.1 Å². The summed E-state index contributed by atoms with van der Waals surface area (Å²) in [5, 5.41) is 30.2. The molecule has 3 aliphatic heterocycles. The van der Waals surface area contributed by atoms with E-state index < -0.39 is 29.2 Å². The van der Waals surface area contributed by atoms with Gasteiger partial charge in [-0.05, 0) is 23.0 Å². The van der Waals surface area contributed by atoms with Crippen LogP contribution in [0.15, 0.2) is 27.0 Å². The lowest BCUT2D eigenvalue weighted by molar-refractivity contribution is -0.150. The van der Waals surface area contributed by atoms with Crippen LogP contribution < -0.4 is 11.1 Å². The highest BCUT2D eigenvalue weighted by Crippen LogP contribution is 2.41. The number of amides is 2. The van der Waals surface area contributed by atoms with Crippen LogP contribution >= 0.6 is 34.9 Å². The van der Waals surface area contributed by atoms with Crippen molar-refractivity contribution >= 4 is 63.5 Å². The van der Waals surface area contributed by atoms with Crippen molar-refractivity contribution in [2.24, 2.45) is 5.16 Å². The van der Waals surface area contributed by atoms with Gasteiger partial charge in [0.15, 0.2) is 10.8 Å². The first-order valence-corrected chi connectivity index (χ1v) is 15.5. The molecule has 1 unspecified atom stereocenters. The highest BCUT2D eigenvalue weighted by molar-refractivity contribution is 8.01. The first kappa shape index (κ1) is 29.2. The molecule has 0 aliphatic carbocycles. The molecule has 5 rings (SSSR count). The van der Waals surface area contributed by atoms with E-state index in [1.807, 2.05) is 0 Å². The number of likely N-dealkylation sites (N-methyl/N-ethyl adjacent to an activating group) is 1. The van der Waals surface area contributed by atoms with E-state index in [0.29, 0.717) is 28.8 Å². The van der Waals surface area contributed by atoms with Gasteiger partial charge in [0.25, 0.3) is 11.8 Å². The lowest BCUT2D eigenvalue weighted by Gasteiger charge is -2.49. The van der Waals surface area contributed by atoms with Crippen molar-refractivity contribution in [3.63, 3.8) is 0 Å². The number of aromatic nitrogens is 5. The summed E-state index contributed by atoms with van der Waals surface area (Å²) < 4.78 is 1.72. The van der Waals surface area contributed by atoms with Crippen molar-refractivity contribution < 1.29 is 24.3 Å². The fourth-order valence-electron chi connectivity index (χ4n) is 4.60. The zero-order chi connectivity index (χ0) is 29.1. The minimum atomic E-state index is -1.21. The molecule has 0 radical (unpaired) electrons. The molecule has 220 valence electrons. The SMILES string of the molecule is CON=C(C(=O)NC1C(=O)N2C(C(=O)O)=C(CSc3nnnn3CCN3CCN(C)CC3)CS[C@H]12)c1csc(N)n1. The van der Waals surface area contributed by atoms with Crippen LogP contribution in [0.4, 0.5) is 5.13 Å². The third-order valence-corrected chi connectivity index (χ3v) is 9.85. The molecule has 0 aromatic carbocycles. The van der Waals surface area contributed by atoms with Gasteiger partial charge in [-0.2, -0.15) is 0 Å². The molecule has 2 aromatic heterocycles. The highest BCUT2D eigenvalue weighted by atomic mass is 32.2. The second-order valence-electron chi connectivity index (χ2n) is 9.43. The van der Waals surface area contributed by atoms with E-state index in [-0.39, 0.29) is 22.2 Å². The number of carboxylic acid groups (broad SMARTS) is 1.